The smallest absolute Gasteiger partial charge is 0.410 e. The highest BCUT2D eigenvalue weighted by Gasteiger charge is 2.28. The van der Waals surface area contributed by atoms with Crippen LogP contribution < -0.4 is 5.32 Å². The van der Waals surface area contributed by atoms with E-state index in [2.05, 4.69) is 28.5 Å². The average molecular weight is 371 g/mol. The first-order valence-electron chi connectivity index (χ1n) is 9.45. The fraction of sp³-hybridized carbons (Fsp3) is 0.550. The predicted octanol–water partition coefficient (Wildman–Crippen LogP) is 4.28. The summed E-state index contributed by atoms with van der Waals surface area (Å²) in [6, 6.07) is 6.10. The van der Waals surface area contributed by atoms with Crippen molar-refractivity contribution in [2.75, 3.05) is 18.4 Å². The van der Waals surface area contributed by atoms with Crippen LogP contribution >= 0.6 is 0 Å². The van der Waals surface area contributed by atoms with Gasteiger partial charge in [-0.15, -0.1) is 0 Å². The molecule has 0 bridgehead atoms. The first kappa shape index (κ1) is 19.2. The third-order valence-corrected chi connectivity index (χ3v) is 4.52. The summed E-state index contributed by atoms with van der Waals surface area (Å²) in [7, 11) is 0. The first-order valence-corrected chi connectivity index (χ1v) is 9.45. The summed E-state index contributed by atoms with van der Waals surface area (Å²) in [5.74, 6) is 1.90. The minimum absolute atomic E-state index is 0.227. The number of hydrogen-bond donors (Lipinski definition) is 2. The van der Waals surface area contributed by atoms with E-state index in [4.69, 9.17) is 9.72 Å². The number of pyridine rings is 1. The van der Waals surface area contributed by atoms with E-state index >= 15 is 0 Å². The monoisotopic (exact) mass is 371 g/mol. The topological polar surface area (TPSA) is 83.1 Å². The summed E-state index contributed by atoms with van der Waals surface area (Å²) >= 11 is 0. The van der Waals surface area contributed by atoms with E-state index in [1.165, 1.54) is 0 Å². The van der Waals surface area contributed by atoms with Crippen molar-refractivity contribution in [3.63, 3.8) is 0 Å². The van der Waals surface area contributed by atoms with Gasteiger partial charge >= 0.3 is 6.09 Å². The van der Waals surface area contributed by atoms with Gasteiger partial charge in [-0.05, 0) is 65.2 Å². The molecule has 27 heavy (non-hydrogen) atoms. The second-order valence-electron chi connectivity index (χ2n) is 8.26. The van der Waals surface area contributed by atoms with Crippen LogP contribution in [0.4, 0.5) is 16.4 Å². The van der Waals surface area contributed by atoms with Crippen LogP contribution in [0.3, 0.4) is 0 Å². The average Bonchev–Trinajstić information content (AvgIpc) is 2.98. The molecule has 0 unspecified atom stereocenters. The standard InChI is InChI=1S/C20H29N5O2/c1-13-10-16(21-17(11-13)22-18-12-14(2)23-24-18)15-6-8-25(9-7-15)19(26)27-20(3,4)5/h10-12,15H,6-9H2,1-5H3,(H2,21,22,23,24). The Hall–Kier alpha value is -2.57. The number of ether oxygens (including phenoxy) is 1. The van der Waals surface area contributed by atoms with Crippen molar-refractivity contribution in [2.45, 2.75) is 59.0 Å². The van der Waals surface area contributed by atoms with Gasteiger partial charge in [0, 0.05) is 36.5 Å². The highest BCUT2D eigenvalue weighted by atomic mass is 16.6. The molecular weight excluding hydrogens is 342 g/mol. The number of anilines is 2. The van der Waals surface area contributed by atoms with Crippen LogP contribution in [-0.4, -0.2) is 44.9 Å². The van der Waals surface area contributed by atoms with Gasteiger partial charge in [-0.2, -0.15) is 5.10 Å². The molecule has 2 aromatic rings. The van der Waals surface area contributed by atoms with Crippen molar-refractivity contribution >= 4 is 17.7 Å². The molecule has 0 aliphatic carbocycles. The number of rotatable bonds is 3. The number of aromatic nitrogens is 3. The number of hydrogen-bond acceptors (Lipinski definition) is 5. The van der Waals surface area contributed by atoms with E-state index in [1.807, 2.05) is 39.8 Å². The zero-order valence-corrected chi connectivity index (χ0v) is 16.8. The number of amides is 1. The molecule has 1 aliphatic rings. The number of aryl methyl sites for hydroxylation is 2. The molecule has 0 radical (unpaired) electrons. The molecule has 1 saturated heterocycles. The number of likely N-dealkylation sites (tertiary alicyclic amines) is 1. The summed E-state index contributed by atoms with van der Waals surface area (Å²) in [6.07, 6.45) is 1.54. The number of piperidine rings is 1. The van der Waals surface area contributed by atoms with E-state index < -0.39 is 5.60 Å². The van der Waals surface area contributed by atoms with E-state index in [0.29, 0.717) is 19.0 Å². The second-order valence-corrected chi connectivity index (χ2v) is 8.26. The number of carbonyl (C=O) groups is 1. The summed E-state index contributed by atoms with van der Waals surface area (Å²) < 4.78 is 5.48. The Balaban J connectivity index is 1.65. The molecule has 7 heteroatoms. The molecule has 3 heterocycles. The van der Waals surface area contributed by atoms with Gasteiger partial charge in [0.2, 0.25) is 0 Å². The van der Waals surface area contributed by atoms with Gasteiger partial charge in [0.15, 0.2) is 5.82 Å². The van der Waals surface area contributed by atoms with Crippen molar-refractivity contribution in [1.29, 1.82) is 0 Å². The number of nitrogens with one attached hydrogen (secondary N) is 2. The Bertz CT molecular complexity index is 801. The number of nitrogens with zero attached hydrogens (tertiary/aromatic N) is 3. The fourth-order valence-corrected chi connectivity index (χ4v) is 3.26. The van der Waals surface area contributed by atoms with E-state index in [-0.39, 0.29) is 6.09 Å². The molecule has 7 nitrogen and oxygen atoms in total. The summed E-state index contributed by atoms with van der Waals surface area (Å²) in [5, 5.41) is 10.4. The van der Waals surface area contributed by atoms with Gasteiger partial charge in [-0.25, -0.2) is 9.78 Å². The van der Waals surface area contributed by atoms with Crippen molar-refractivity contribution in [2.24, 2.45) is 0 Å². The molecule has 1 amide bonds. The molecule has 0 atom stereocenters. The Kier molecular flexibility index (Phi) is 5.39. The highest BCUT2D eigenvalue weighted by Crippen LogP contribution is 2.29. The zero-order chi connectivity index (χ0) is 19.6. The van der Waals surface area contributed by atoms with Gasteiger partial charge in [0.25, 0.3) is 0 Å². The lowest BCUT2D eigenvalue weighted by Crippen LogP contribution is -2.41. The molecule has 0 saturated carbocycles. The SMILES string of the molecule is Cc1cc(Nc2cc(C)[nH]n2)nc(C2CCN(C(=O)OC(C)(C)C)CC2)c1. The summed E-state index contributed by atoms with van der Waals surface area (Å²) in [5.41, 5.74) is 2.76. The van der Waals surface area contributed by atoms with Crippen LogP contribution in [0.25, 0.3) is 0 Å². The van der Waals surface area contributed by atoms with Crippen LogP contribution in [0, 0.1) is 13.8 Å². The number of aromatic amines is 1. The Labute approximate surface area is 160 Å². The largest absolute Gasteiger partial charge is 0.444 e. The Morgan fingerprint density at radius 3 is 2.48 bits per heavy atom. The first-order chi connectivity index (χ1) is 12.7. The maximum atomic E-state index is 12.2. The summed E-state index contributed by atoms with van der Waals surface area (Å²) in [6.45, 7) is 11.1. The number of carbonyl (C=O) groups excluding carboxylic acids is 1. The fourth-order valence-electron chi connectivity index (χ4n) is 3.26. The van der Waals surface area contributed by atoms with Gasteiger partial charge in [-0.3, -0.25) is 5.10 Å². The maximum absolute atomic E-state index is 12.2. The Morgan fingerprint density at radius 2 is 1.89 bits per heavy atom. The molecule has 1 fully saturated rings. The molecule has 146 valence electrons. The second kappa shape index (κ2) is 7.58. The van der Waals surface area contributed by atoms with Crippen molar-refractivity contribution in [1.82, 2.24) is 20.1 Å². The lowest BCUT2D eigenvalue weighted by atomic mass is 9.92. The van der Waals surface area contributed by atoms with E-state index in [1.54, 1.807) is 4.90 Å². The van der Waals surface area contributed by atoms with E-state index in [0.717, 1.165) is 41.4 Å². The maximum Gasteiger partial charge on any atom is 0.410 e. The van der Waals surface area contributed by atoms with Crippen molar-refractivity contribution < 1.29 is 9.53 Å². The van der Waals surface area contributed by atoms with Gasteiger partial charge in [0.05, 0.1) is 0 Å². The number of H-pyrrole nitrogens is 1. The lowest BCUT2D eigenvalue weighted by molar-refractivity contribution is 0.0204. The molecule has 2 aromatic heterocycles. The zero-order valence-electron chi connectivity index (χ0n) is 16.8. The Morgan fingerprint density at radius 1 is 1.19 bits per heavy atom. The van der Waals surface area contributed by atoms with E-state index in [9.17, 15) is 4.79 Å². The van der Waals surface area contributed by atoms with Crippen molar-refractivity contribution in [3.05, 3.63) is 35.2 Å². The molecule has 0 aromatic carbocycles. The summed E-state index contributed by atoms with van der Waals surface area (Å²) in [4.78, 5) is 18.8. The molecule has 2 N–H and O–H groups in total. The van der Waals surface area contributed by atoms with Crippen LogP contribution in [0.15, 0.2) is 18.2 Å². The predicted molar refractivity (Wildman–Crippen MR) is 105 cm³/mol. The third kappa shape index (κ3) is 5.21. The minimum atomic E-state index is -0.461. The van der Waals surface area contributed by atoms with Gasteiger partial charge in [-0.1, -0.05) is 0 Å². The molecule has 1 aliphatic heterocycles. The normalized spacial score (nSPS) is 15.7. The van der Waals surface area contributed by atoms with Crippen LogP contribution in [-0.2, 0) is 4.74 Å². The van der Waals surface area contributed by atoms with Crippen LogP contribution in [0.1, 0.15) is 56.5 Å². The minimum Gasteiger partial charge on any atom is -0.444 e. The van der Waals surface area contributed by atoms with Crippen molar-refractivity contribution in [3.8, 4) is 0 Å². The highest BCUT2D eigenvalue weighted by molar-refractivity contribution is 5.68. The quantitative estimate of drug-likeness (QED) is 0.841. The van der Waals surface area contributed by atoms with Crippen LogP contribution in [0.5, 0.6) is 0 Å². The lowest BCUT2D eigenvalue weighted by Gasteiger charge is -2.33. The molecular formula is C20H29N5O2. The van der Waals surface area contributed by atoms with Crippen LogP contribution in [0.2, 0.25) is 0 Å². The molecule has 3 rings (SSSR count). The third-order valence-electron chi connectivity index (χ3n) is 4.52. The van der Waals surface area contributed by atoms with Gasteiger partial charge in [0.1, 0.15) is 11.4 Å². The van der Waals surface area contributed by atoms with Gasteiger partial charge < -0.3 is 15.0 Å². The molecule has 0 spiro atoms.